The van der Waals surface area contributed by atoms with Crippen molar-refractivity contribution < 1.29 is 18.3 Å². The molecule has 9 heteroatoms. The number of hydrogen-bond acceptors (Lipinski definition) is 4. The van der Waals surface area contributed by atoms with E-state index >= 15 is 0 Å². The number of halogens is 5. The molecule has 4 rings (SSSR count). The van der Waals surface area contributed by atoms with E-state index in [2.05, 4.69) is 15.6 Å². The monoisotopic (exact) mass is 523 g/mol. The zero-order chi connectivity index (χ0) is 25.1. The molecule has 2 aromatic carbocycles. The van der Waals surface area contributed by atoms with Crippen molar-refractivity contribution in [3.8, 4) is 0 Å². The van der Waals surface area contributed by atoms with Gasteiger partial charge in [-0.2, -0.15) is 13.2 Å². The van der Waals surface area contributed by atoms with E-state index in [1.54, 1.807) is 12.1 Å². The molecule has 1 saturated carbocycles. The van der Waals surface area contributed by atoms with E-state index in [1.165, 1.54) is 18.3 Å². The molecule has 1 fully saturated rings. The fourth-order valence-corrected chi connectivity index (χ4v) is 5.01. The number of nitrogens with one attached hydrogen (secondary N) is 2. The number of rotatable bonds is 8. The maximum Gasteiger partial charge on any atom is 0.417 e. The Morgan fingerprint density at radius 3 is 2.34 bits per heavy atom. The number of alkyl halides is 3. The highest BCUT2D eigenvalue weighted by Gasteiger charge is 2.41. The topological polar surface area (TPSA) is 57.2 Å². The molecule has 3 aromatic rings. The summed E-state index contributed by atoms with van der Waals surface area (Å²) in [4.78, 5) is 4.47. The Kier molecular flexibility index (Phi) is 8.03. The highest BCUT2D eigenvalue weighted by atomic mass is 35.5. The van der Waals surface area contributed by atoms with Crippen molar-refractivity contribution in [2.75, 3.05) is 0 Å². The van der Waals surface area contributed by atoms with Crippen LogP contribution in [0.5, 0.6) is 0 Å². The molecule has 4 nitrogen and oxygen atoms in total. The van der Waals surface area contributed by atoms with Gasteiger partial charge in [0, 0.05) is 18.7 Å². The average Bonchev–Trinajstić information content (AvgIpc) is 3.32. The molecule has 2 unspecified atom stereocenters. The summed E-state index contributed by atoms with van der Waals surface area (Å²) in [5.74, 6) is 0. The SMILES string of the molecule is OC(NC1CCCC1)NC(Cc1ccccc1)(c1ccc(Cl)c(C(F)(F)F)c1)c1ccc(Cl)cn1. The lowest BCUT2D eigenvalue weighted by Crippen LogP contribution is -2.57. The lowest BCUT2D eigenvalue weighted by Gasteiger charge is -2.38. The molecule has 0 saturated heterocycles. The summed E-state index contributed by atoms with van der Waals surface area (Å²) in [6, 6.07) is 16.5. The first-order valence-corrected chi connectivity index (χ1v) is 12.2. The van der Waals surface area contributed by atoms with Crippen LogP contribution in [0.4, 0.5) is 13.2 Å². The Morgan fingerprint density at radius 2 is 1.71 bits per heavy atom. The molecule has 3 N–H and O–H groups in total. The van der Waals surface area contributed by atoms with E-state index in [0.29, 0.717) is 10.7 Å². The first kappa shape index (κ1) is 25.9. The van der Waals surface area contributed by atoms with Gasteiger partial charge in [-0.3, -0.25) is 15.6 Å². The highest BCUT2D eigenvalue weighted by Crippen LogP contribution is 2.40. The quantitative estimate of drug-likeness (QED) is 0.303. The number of aliphatic hydroxyl groups excluding tert-OH is 1. The Morgan fingerprint density at radius 1 is 1.00 bits per heavy atom. The third-order valence-electron chi connectivity index (χ3n) is 6.37. The van der Waals surface area contributed by atoms with Gasteiger partial charge in [-0.15, -0.1) is 0 Å². The second-order valence-corrected chi connectivity index (χ2v) is 9.66. The van der Waals surface area contributed by atoms with Gasteiger partial charge in [0.2, 0.25) is 0 Å². The second-order valence-electron chi connectivity index (χ2n) is 8.82. The predicted molar refractivity (Wildman–Crippen MR) is 131 cm³/mol. The van der Waals surface area contributed by atoms with Crippen LogP contribution in [0.3, 0.4) is 0 Å². The van der Waals surface area contributed by atoms with Crippen LogP contribution in [0.1, 0.15) is 48.1 Å². The van der Waals surface area contributed by atoms with E-state index in [1.807, 2.05) is 30.3 Å². The maximum atomic E-state index is 13.8. The normalized spacial score (nSPS) is 17.3. The lowest BCUT2D eigenvalue weighted by molar-refractivity contribution is -0.137. The second kappa shape index (κ2) is 10.8. The lowest BCUT2D eigenvalue weighted by atomic mass is 9.80. The number of hydrogen-bond donors (Lipinski definition) is 3. The van der Waals surface area contributed by atoms with Crippen molar-refractivity contribution in [2.24, 2.45) is 0 Å². The third-order valence-corrected chi connectivity index (χ3v) is 6.93. The molecule has 1 aliphatic rings. The number of benzene rings is 2. The molecule has 186 valence electrons. The van der Waals surface area contributed by atoms with Gasteiger partial charge in [-0.05, 0) is 48.2 Å². The molecule has 0 bridgehead atoms. The van der Waals surface area contributed by atoms with Crippen LogP contribution in [0.15, 0.2) is 66.9 Å². The van der Waals surface area contributed by atoms with Gasteiger partial charge in [0.1, 0.15) is 0 Å². The molecule has 0 spiro atoms. The molecule has 35 heavy (non-hydrogen) atoms. The fourth-order valence-electron chi connectivity index (χ4n) is 4.68. The third kappa shape index (κ3) is 6.16. The zero-order valence-corrected chi connectivity index (χ0v) is 20.3. The predicted octanol–water partition coefficient (Wildman–Crippen LogP) is 6.29. The first-order valence-electron chi connectivity index (χ1n) is 11.4. The standard InChI is InChI=1S/C26H26Cl2F3N3O/c27-19-11-13-23(32-16-19)25(15-17-6-2-1-3-7-17,34-24(35)33-20-8-4-5-9-20)18-10-12-22(28)21(14-18)26(29,30)31/h1-3,6-7,10-14,16,20,24,33-35H,4-5,8-9,15H2. The van der Waals surface area contributed by atoms with Crippen molar-refractivity contribution in [3.63, 3.8) is 0 Å². The van der Waals surface area contributed by atoms with Crippen molar-refractivity contribution in [1.29, 1.82) is 0 Å². The summed E-state index contributed by atoms with van der Waals surface area (Å²) in [5, 5.41) is 17.4. The zero-order valence-electron chi connectivity index (χ0n) is 18.8. The van der Waals surface area contributed by atoms with E-state index in [-0.39, 0.29) is 18.0 Å². The van der Waals surface area contributed by atoms with Gasteiger partial charge in [0.25, 0.3) is 0 Å². The Balaban J connectivity index is 1.87. The minimum absolute atomic E-state index is 0.112. The van der Waals surface area contributed by atoms with Gasteiger partial charge in [0.05, 0.1) is 26.8 Å². The van der Waals surface area contributed by atoms with Crippen LogP contribution in [-0.2, 0) is 18.1 Å². The maximum absolute atomic E-state index is 13.8. The number of aromatic nitrogens is 1. The summed E-state index contributed by atoms with van der Waals surface area (Å²) >= 11 is 12.0. The van der Waals surface area contributed by atoms with Crippen LogP contribution >= 0.6 is 23.2 Å². The molecule has 0 aliphatic heterocycles. The summed E-state index contributed by atoms with van der Waals surface area (Å²) in [6.45, 7) is 0. The van der Waals surface area contributed by atoms with Crippen LogP contribution in [0.25, 0.3) is 0 Å². The molecule has 1 aliphatic carbocycles. The Bertz CT molecular complexity index is 1120. The number of aliphatic hydroxyl groups is 1. The Labute approximate surface area is 212 Å². The van der Waals surface area contributed by atoms with Gasteiger partial charge in [-0.25, -0.2) is 0 Å². The van der Waals surface area contributed by atoms with Crippen molar-refractivity contribution in [2.45, 2.75) is 56.2 Å². The van der Waals surface area contributed by atoms with Crippen LogP contribution in [-0.4, -0.2) is 22.5 Å². The van der Waals surface area contributed by atoms with E-state index in [4.69, 9.17) is 23.2 Å². The smallest absolute Gasteiger partial charge is 0.365 e. The number of nitrogens with zero attached hydrogens (tertiary/aromatic N) is 1. The van der Waals surface area contributed by atoms with Gasteiger partial charge in [0.15, 0.2) is 6.35 Å². The molecule has 1 aromatic heterocycles. The summed E-state index contributed by atoms with van der Waals surface area (Å²) in [7, 11) is 0. The van der Waals surface area contributed by atoms with E-state index < -0.39 is 28.7 Å². The van der Waals surface area contributed by atoms with Gasteiger partial charge >= 0.3 is 6.18 Å². The number of pyridine rings is 1. The van der Waals surface area contributed by atoms with Gasteiger partial charge in [-0.1, -0.05) is 72.4 Å². The molecular formula is C26H26Cl2F3N3O. The summed E-state index contributed by atoms with van der Waals surface area (Å²) in [5.41, 5.74) is -0.772. The highest BCUT2D eigenvalue weighted by molar-refractivity contribution is 6.31. The van der Waals surface area contributed by atoms with Crippen molar-refractivity contribution >= 4 is 23.2 Å². The van der Waals surface area contributed by atoms with Crippen molar-refractivity contribution in [1.82, 2.24) is 15.6 Å². The Hall–Kier alpha value is -2.16. The molecule has 1 heterocycles. The van der Waals surface area contributed by atoms with E-state index in [0.717, 1.165) is 37.3 Å². The summed E-state index contributed by atoms with van der Waals surface area (Å²) in [6.07, 6.45) is -0.245. The van der Waals surface area contributed by atoms with Crippen molar-refractivity contribution in [3.05, 3.63) is 99.3 Å². The molecular weight excluding hydrogens is 498 g/mol. The minimum Gasteiger partial charge on any atom is -0.365 e. The molecule has 0 radical (unpaired) electrons. The minimum atomic E-state index is -4.65. The van der Waals surface area contributed by atoms with Gasteiger partial charge < -0.3 is 5.11 Å². The average molecular weight is 524 g/mol. The van der Waals surface area contributed by atoms with Crippen LogP contribution in [0, 0.1) is 0 Å². The van der Waals surface area contributed by atoms with Crippen LogP contribution < -0.4 is 10.6 Å². The largest absolute Gasteiger partial charge is 0.417 e. The molecule has 2 atom stereocenters. The first-order chi connectivity index (χ1) is 16.7. The van der Waals surface area contributed by atoms with E-state index in [9.17, 15) is 18.3 Å². The fraction of sp³-hybridized carbons (Fsp3) is 0.346. The van der Waals surface area contributed by atoms with Crippen LogP contribution in [0.2, 0.25) is 10.0 Å². The summed E-state index contributed by atoms with van der Waals surface area (Å²) < 4.78 is 41.5. The molecule has 0 amide bonds.